The number of hydrogen-bond donors (Lipinski definition) is 0. The van der Waals surface area contributed by atoms with Gasteiger partial charge in [0.25, 0.3) is 0 Å². The van der Waals surface area contributed by atoms with Gasteiger partial charge in [-0.25, -0.2) is 9.59 Å². The van der Waals surface area contributed by atoms with E-state index in [0.29, 0.717) is 19.6 Å². The molecule has 1 aromatic rings. The predicted molar refractivity (Wildman–Crippen MR) is 116 cm³/mol. The van der Waals surface area contributed by atoms with Crippen LogP contribution in [0.4, 0.5) is 4.79 Å². The van der Waals surface area contributed by atoms with Gasteiger partial charge in [-0.1, -0.05) is 49.5 Å². The molecule has 0 aromatic heterocycles. The fraction of sp³-hybridized carbons (Fsp3) is 0.636. The van der Waals surface area contributed by atoms with Crippen LogP contribution in [0.5, 0.6) is 0 Å². The molecule has 28 heavy (non-hydrogen) atoms. The van der Waals surface area contributed by atoms with Crippen LogP contribution in [0.3, 0.4) is 0 Å². The maximum Gasteiger partial charge on any atom is 0.410 e. The zero-order valence-corrected chi connectivity index (χ0v) is 19.8. The van der Waals surface area contributed by atoms with E-state index in [-0.39, 0.29) is 0 Å². The second-order valence-corrected chi connectivity index (χ2v) is 15.1. The lowest BCUT2D eigenvalue weighted by Gasteiger charge is -2.31. The highest BCUT2D eigenvalue weighted by atomic mass is 28.3. The number of ether oxygens (including phenoxy) is 2. The summed E-state index contributed by atoms with van der Waals surface area (Å²) >= 11 is 0. The van der Waals surface area contributed by atoms with Crippen molar-refractivity contribution in [3.63, 3.8) is 0 Å². The van der Waals surface area contributed by atoms with Gasteiger partial charge in [0.1, 0.15) is 11.6 Å². The summed E-state index contributed by atoms with van der Waals surface area (Å²) in [6, 6.07) is 8.15. The summed E-state index contributed by atoms with van der Waals surface area (Å²) < 4.78 is 11.1. The average Bonchev–Trinajstić information content (AvgIpc) is 2.53. The molecule has 0 aliphatic heterocycles. The number of nitrogens with zero attached hydrogens (tertiary/aromatic N) is 1. The number of carbonyl (C=O) groups excluding carboxylic acids is 2. The van der Waals surface area contributed by atoms with Gasteiger partial charge in [-0.15, -0.1) is 0 Å². The summed E-state index contributed by atoms with van der Waals surface area (Å²) in [6.45, 7) is 16.8. The van der Waals surface area contributed by atoms with E-state index in [9.17, 15) is 9.59 Å². The van der Waals surface area contributed by atoms with Crippen molar-refractivity contribution >= 4 is 20.1 Å². The Morgan fingerprint density at radius 1 is 1.11 bits per heavy atom. The third kappa shape index (κ3) is 8.91. The molecule has 158 valence electrons. The van der Waals surface area contributed by atoms with Gasteiger partial charge in [0.15, 0.2) is 0 Å². The zero-order chi connectivity index (χ0) is 21.5. The Morgan fingerprint density at radius 2 is 1.68 bits per heavy atom. The third-order valence-electron chi connectivity index (χ3n) is 4.26. The van der Waals surface area contributed by atoms with Crippen LogP contribution in [-0.2, 0) is 20.7 Å². The van der Waals surface area contributed by atoms with Crippen molar-refractivity contribution in [3.8, 4) is 0 Å². The van der Waals surface area contributed by atoms with Gasteiger partial charge in [-0.2, -0.15) is 0 Å². The second-order valence-electron chi connectivity index (χ2n) is 9.45. The van der Waals surface area contributed by atoms with Crippen LogP contribution in [0.25, 0.3) is 0 Å². The number of likely N-dealkylation sites (N-methyl/N-ethyl adjacent to an activating group) is 1. The first-order chi connectivity index (χ1) is 12.8. The maximum atomic E-state index is 12.9. The van der Waals surface area contributed by atoms with Crippen molar-refractivity contribution in [2.75, 3.05) is 13.2 Å². The number of benzene rings is 1. The molecule has 0 fully saturated rings. The molecule has 0 aliphatic rings. The van der Waals surface area contributed by atoms with Crippen LogP contribution in [0, 0.1) is 6.92 Å². The van der Waals surface area contributed by atoms with Gasteiger partial charge in [0.05, 0.1) is 6.61 Å². The van der Waals surface area contributed by atoms with Crippen LogP contribution in [0.1, 0.15) is 38.8 Å². The minimum Gasteiger partial charge on any atom is -0.458 e. The summed E-state index contributed by atoms with van der Waals surface area (Å²) in [7, 11) is -1.30. The quantitative estimate of drug-likeness (QED) is 0.447. The van der Waals surface area contributed by atoms with E-state index in [1.54, 1.807) is 0 Å². The van der Waals surface area contributed by atoms with E-state index in [2.05, 4.69) is 19.6 Å². The van der Waals surface area contributed by atoms with Crippen molar-refractivity contribution < 1.29 is 19.1 Å². The molecule has 0 saturated heterocycles. The van der Waals surface area contributed by atoms with E-state index in [0.717, 1.165) is 17.2 Å². The Labute approximate surface area is 171 Å². The van der Waals surface area contributed by atoms with Crippen LogP contribution >= 0.6 is 0 Å². The SMILES string of the molecule is CCN(C(=O)OCC[Si](C)(C)C)C(Cc1ccc(C)cc1)C(=O)OC(C)(C)C. The molecule has 6 heteroatoms. The van der Waals surface area contributed by atoms with Crippen molar-refractivity contribution in [3.05, 3.63) is 35.4 Å². The van der Waals surface area contributed by atoms with Gasteiger partial charge in [0.2, 0.25) is 0 Å². The number of rotatable bonds is 8. The molecule has 1 amide bonds. The molecule has 1 atom stereocenters. The van der Waals surface area contributed by atoms with Gasteiger partial charge < -0.3 is 9.47 Å². The summed E-state index contributed by atoms with van der Waals surface area (Å²) in [4.78, 5) is 27.1. The summed E-state index contributed by atoms with van der Waals surface area (Å²) in [5.74, 6) is -0.405. The molecule has 0 bridgehead atoms. The van der Waals surface area contributed by atoms with Gasteiger partial charge >= 0.3 is 12.1 Å². The second kappa shape index (κ2) is 10.1. The molecule has 5 nitrogen and oxygen atoms in total. The lowest BCUT2D eigenvalue weighted by Crippen LogP contribution is -2.49. The molecule has 0 spiro atoms. The van der Waals surface area contributed by atoms with Crippen LogP contribution in [0.15, 0.2) is 24.3 Å². The number of hydrogen-bond acceptors (Lipinski definition) is 4. The maximum absolute atomic E-state index is 12.9. The topological polar surface area (TPSA) is 55.8 Å². The Hall–Kier alpha value is -1.82. The summed E-state index contributed by atoms with van der Waals surface area (Å²) in [5.41, 5.74) is 1.51. The van der Waals surface area contributed by atoms with Crippen LogP contribution < -0.4 is 0 Å². The first-order valence-corrected chi connectivity index (χ1v) is 13.7. The Balaban J connectivity index is 2.99. The fourth-order valence-electron chi connectivity index (χ4n) is 2.64. The van der Waals surface area contributed by atoms with Crippen molar-refractivity contribution in [1.82, 2.24) is 4.90 Å². The van der Waals surface area contributed by atoms with Crippen molar-refractivity contribution in [2.45, 2.75) is 78.4 Å². The zero-order valence-electron chi connectivity index (χ0n) is 18.8. The van der Waals surface area contributed by atoms with E-state index in [1.165, 1.54) is 4.90 Å². The largest absolute Gasteiger partial charge is 0.458 e. The molecule has 0 N–H and O–H groups in total. The van der Waals surface area contributed by atoms with Crippen molar-refractivity contribution in [1.29, 1.82) is 0 Å². The highest BCUT2D eigenvalue weighted by Crippen LogP contribution is 2.18. The lowest BCUT2D eigenvalue weighted by atomic mass is 10.0. The van der Waals surface area contributed by atoms with Crippen LogP contribution in [0.2, 0.25) is 25.7 Å². The molecule has 0 saturated carbocycles. The lowest BCUT2D eigenvalue weighted by molar-refractivity contribution is -0.160. The number of aryl methyl sites for hydroxylation is 1. The molecular formula is C22H37NO4Si. The van der Waals surface area contributed by atoms with E-state index in [4.69, 9.17) is 9.47 Å². The highest BCUT2D eigenvalue weighted by molar-refractivity contribution is 6.76. The molecule has 0 aliphatic carbocycles. The molecule has 1 aromatic carbocycles. The molecule has 1 rings (SSSR count). The molecule has 0 heterocycles. The highest BCUT2D eigenvalue weighted by Gasteiger charge is 2.33. The number of amides is 1. The first kappa shape index (κ1) is 24.2. The van der Waals surface area contributed by atoms with Crippen molar-refractivity contribution in [2.24, 2.45) is 0 Å². The summed E-state index contributed by atoms with van der Waals surface area (Å²) in [5, 5.41) is 0. The predicted octanol–water partition coefficient (Wildman–Crippen LogP) is 5.04. The average molecular weight is 408 g/mol. The summed E-state index contributed by atoms with van der Waals surface area (Å²) in [6.07, 6.45) is -0.0599. The van der Waals surface area contributed by atoms with Gasteiger partial charge in [-0.05, 0) is 46.2 Å². The number of carbonyl (C=O) groups is 2. The standard InChI is InChI=1S/C22H37NO4Si/c1-9-23(21(25)26-14-15-28(6,7)8)19(20(24)27-22(3,4)5)16-18-12-10-17(2)11-13-18/h10-13,19H,9,14-16H2,1-8H3. The van der Waals surface area contributed by atoms with E-state index in [1.807, 2.05) is 58.9 Å². The number of esters is 1. The third-order valence-corrected chi connectivity index (χ3v) is 5.96. The monoisotopic (exact) mass is 407 g/mol. The van der Waals surface area contributed by atoms with Gasteiger partial charge in [-0.3, -0.25) is 4.90 Å². The fourth-order valence-corrected chi connectivity index (χ4v) is 3.36. The van der Waals surface area contributed by atoms with E-state index >= 15 is 0 Å². The van der Waals surface area contributed by atoms with Crippen LogP contribution in [-0.4, -0.2) is 49.8 Å². The van der Waals surface area contributed by atoms with E-state index < -0.39 is 31.8 Å². The molecular weight excluding hydrogens is 370 g/mol. The minimum absolute atomic E-state index is 0.377. The minimum atomic E-state index is -1.30. The smallest absolute Gasteiger partial charge is 0.410 e. The Morgan fingerprint density at radius 3 is 2.14 bits per heavy atom. The Bertz CT molecular complexity index is 644. The molecule has 1 unspecified atom stereocenters. The first-order valence-electron chi connectivity index (χ1n) is 10.0. The normalized spacial score (nSPS) is 13.0. The Kier molecular flexibility index (Phi) is 8.73. The van der Waals surface area contributed by atoms with Gasteiger partial charge in [0, 0.05) is 21.0 Å². The molecule has 0 radical (unpaired) electrons.